The molecular formula is C17H26IN5O2. The van der Waals surface area contributed by atoms with E-state index in [2.05, 4.69) is 32.5 Å². The third-order valence-electron chi connectivity index (χ3n) is 3.44. The van der Waals surface area contributed by atoms with Crippen molar-refractivity contribution in [1.82, 2.24) is 20.6 Å². The van der Waals surface area contributed by atoms with Crippen LogP contribution in [0.5, 0.6) is 5.88 Å². The fraction of sp³-hybridized carbons (Fsp3) is 0.471. The van der Waals surface area contributed by atoms with Gasteiger partial charge in [-0.25, -0.2) is 9.97 Å². The number of guanidine groups is 1. The maximum Gasteiger partial charge on any atom is 0.218 e. The number of aryl methyl sites for hydroxylation is 2. The number of nitrogens with one attached hydrogen (secondary N) is 2. The predicted octanol–water partition coefficient (Wildman–Crippen LogP) is 2.96. The van der Waals surface area contributed by atoms with Gasteiger partial charge in [-0.3, -0.25) is 4.99 Å². The number of oxazole rings is 1. The Labute approximate surface area is 165 Å². The minimum absolute atomic E-state index is 0. The number of halogens is 1. The predicted molar refractivity (Wildman–Crippen MR) is 108 cm³/mol. The van der Waals surface area contributed by atoms with E-state index >= 15 is 0 Å². The molecule has 0 aliphatic carbocycles. The topological polar surface area (TPSA) is 84.6 Å². The van der Waals surface area contributed by atoms with E-state index in [0.717, 1.165) is 23.4 Å². The molecule has 0 radical (unpaired) electrons. The van der Waals surface area contributed by atoms with Crippen LogP contribution in [0.1, 0.15) is 36.3 Å². The second-order valence-electron chi connectivity index (χ2n) is 5.34. The van der Waals surface area contributed by atoms with Gasteiger partial charge in [0, 0.05) is 25.4 Å². The molecule has 0 spiro atoms. The van der Waals surface area contributed by atoms with Crippen molar-refractivity contribution in [2.24, 2.45) is 4.99 Å². The number of pyridine rings is 1. The lowest BCUT2D eigenvalue weighted by atomic mass is 10.2. The summed E-state index contributed by atoms with van der Waals surface area (Å²) in [6, 6.07) is 3.88. The molecule has 138 valence electrons. The van der Waals surface area contributed by atoms with Crippen molar-refractivity contribution in [3.63, 3.8) is 0 Å². The third kappa shape index (κ3) is 6.52. The summed E-state index contributed by atoms with van der Waals surface area (Å²) in [4.78, 5) is 12.8. The monoisotopic (exact) mass is 459 g/mol. The van der Waals surface area contributed by atoms with Crippen molar-refractivity contribution in [2.45, 2.75) is 40.3 Å². The molecule has 2 N–H and O–H groups in total. The number of ether oxygens (including phenoxy) is 1. The summed E-state index contributed by atoms with van der Waals surface area (Å²) in [7, 11) is 1.72. The van der Waals surface area contributed by atoms with Crippen molar-refractivity contribution < 1.29 is 9.15 Å². The van der Waals surface area contributed by atoms with E-state index in [-0.39, 0.29) is 24.0 Å². The van der Waals surface area contributed by atoms with Gasteiger partial charge in [-0.1, -0.05) is 13.0 Å². The van der Waals surface area contributed by atoms with Gasteiger partial charge in [-0.05, 0) is 26.3 Å². The van der Waals surface area contributed by atoms with Crippen LogP contribution in [0.4, 0.5) is 0 Å². The lowest BCUT2D eigenvalue weighted by molar-refractivity contribution is 0.301. The van der Waals surface area contributed by atoms with Gasteiger partial charge in [-0.15, -0.1) is 24.0 Å². The Bertz CT molecular complexity index is 668. The fourth-order valence-corrected chi connectivity index (χ4v) is 2.06. The highest BCUT2D eigenvalue weighted by molar-refractivity contribution is 14.0. The van der Waals surface area contributed by atoms with Crippen molar-refractivity contribution in [2.75, 3.05) is 13.7 Å². The number of hydrogen-bond donors (Lipinski definition) is 2. The van der Waals surface area contributed by atoms with Crippen LogP contribution in [0.15, 0.2) is 27.7 Å². The number of hydrogen-bond acceptors (Lipinski definition) is 5. The number of nitrogens with zero attached hydrogens (tertiary/aromatic N) is 3. The summed E-state index contributed by atoms with van der Waals surface area (Å²) in [5, 5.41) is 6.42. The Morgan fingerprint density at radius 2 is 2.04 bits per heavy atom. The molecule has 2 heterocycles. The highest BCUT2D eigenvalue weighted by Crippen LogP contribution is 2.14. The minimum atomic E-state index is 0. The van der Waals surface area contributed by atoms with E-state index < -0.39 is 0 Å². The summed E-state index contributed by atoms with van der Waals surface area (Å²) >= 11 is 0. The zero-order valence-electron chi connectivity index (χ0n) is 15.1. The van der Waals surface area contributed by atoms with Crippen LogP contribution >= 0.6 is 24.0 Å². The van der Waals surface area contributed by atoms with Gasteiger partial charge in [0.15, 0.2) is 5.96 Å². The van der Waals surface area contributed by atoms with E-state index in [1.165, 1.54) is 0 Å². The fourth-order valence-electron chi connectivity index (χ4n) is 2.06. The maximum atomic E-state index is 5.66. The van der Waals surface area contributed by atoms with Crippen molar-refractivity contribution >= 4 is 29.9 Å². The first-order valence-corrected chi connectivity index (χ1v) is 8.08. The Morgan fingerprint density at radius 1 is 1.28 bits per heavy atom. The Balaban J connectivity index is 0.00000312. The van der Waals surface area contributed by atoms with Gasteiger partial charge in [0.25, 0.3) is 0 Å². The summed E-state index contributed by atoms with van der Waals surface area (Å²) in [5.74, 6) is 2.79. The SMILES string of the molecule is CCCOc1ncccc1CNC(=NC)NCc1nc(C)c(C)o1.I. The number of aliphatic imine (C=N–C) groups is 1. The van der Waals surface area contributed by atoms with Gasteiger partial charge in [0.2, 0.25) is 11.8 Å². The highest BCUT2D eigenvalue weighted by Gasteiger charge is 2.08. The first-order chi connectivity index (χ1) is 11.6. The standard InChI is InChI=1S/C17H25N5O2.HI/c1-5-9-23-16-14(7-6-8-19-16)10-20-17(18-4)21-11-15-22-12(2)13(3)24-15;/h6-8H,5,9-11H2,1-4H3,(H2,18,20,21);1H. The first-order valence-electron chi connectivity index (χ1n) is 8.08. The first kappa shape index (κ1) is 21.2. The van der Waals surface area contributed by atoms with Crippen LogP contribution in [0.3, 0.4) is 0 Å². The van der Waals surface area contributed by atoms with E-state index in [9.17, 15) is 0 Å². The minimum Gasteiger partial charge on any atom is -0.477 e. The van der Waals surface area contributed by atoms with Crippen LogP contribution in [0.25, 0.3) is 0 Å². The smallest absolute Gasteiger partial charge is 0.218 e. The molecule has 0 saturated carbocycles. The molecule has 25 heavy (non-hydrogen) atoms. The van der Waals surface area contributed by atoms with Crippen molar-refractivity contribution in [3.8, 4) is 5.88 Å². The van der Waals surface area contributed by atoms with E-state index in [1.807, 2.05) is 26.0 Å². The molecule has 2 aromatic heterocycles. The van der Waals surface area contributed by atoms with Crippen molar-refractivity contribution in [3.05, 3.63) is 41.2 Å². The van der Waals surface area contributed by atoms with Gasteiger partial charge in [-0.2, -0.15) is 0 Å². The maximum absolute atomic E-state index is 5.66. The Hall–Kier alpha value is -1.84. The average molecular weight is 459 g/mol. The molecule has 2 aromatic rings. The van der Waals surface area contributed by atoms with Crippen LogP contribution in [0, 0.1) is 13.8 Å². The largest absolute Gasteiger partial charge is 0.477 e. The molecule has 8 heteroatoms. The second-order valence-corrected chi connectivity index (χ2v) is 5.34. The van der Waals surface area contributed by atoms with Gasteiger partial charge in [0.1, 0.15) is 5.76 Å². The summed E-state index contributed by atoms with van der Waals surface area (Å²) in [6.45, 7) is 7.59. The van der Waals surface area contributed by atoms with Gasteiger partial charge in [0.05, 0.1) is 18.8 Å². The van der Waals surface area contributed by atoms with Crippen molar-refractivity contribution in [1.29, 1.82) is 0 Å². The molecule has 0 aliphatic heterocycles. The zero-order valence-corrected chi connectivity index (χ0v) is 17.5. The second kappa shape index (κ2) is 10.9. The number of rotatable bonds is 7. The molecule has 0 saturated heterocycles. The summed E-state index contributed by atoms with van der Waals surface area (Å²) in [5.41, 5.74) is 1.89. The quantitative estimate of drug-likeness (QED) is 0.376. The highest BCUT2D eigenvalue weighted by atomic mass is 127. The van der Waals surface area contributed by atoms with Crippen LogP contribution in [-0.2, 0) is 13.1 Å². The molecule has 7 nitrogen and oxygen atoms in total. The van der Waals surface area contributed by atoms with Gasteiger partial charge < -0.3 is 19.8 Å². The molecule has 0 fully saturated rings. The molecule has 0 aromatic carbocycles. The van der Waals surface area contributed by atoms with E-state index in [1.54, 1.807) is 13.2 Å². The third-order valence-corrected chi connectivity index (χ3v) is 3.44. The van der Waals surface area contributed by atoms with Crippen LogP contribution in [0.2, 0.25) is 0 Å². The number of aromatic nitrogens is 2. The van der Waals surface area contributed by atoms with E-state index in [0.29, 0.717) is 37.4 Å². The lowest BCUT2D eigenvalue weighted by Gasteiger charge is -2.13. The Morgan fingerprint density at radius 3 is 2.68 bits per heavy atom. The Kier molecular flexibility index (Phi) is 9.25. The molecule has 0 atom stereocenters. The molecule has 2 rings (SSSR count). The molecule has 0 bridgehead atoms. The summed E-state index contributed by atoms with van der Waals surface area (Å²) < 4.78 is 11.2. The molecule has 0 aliphatic rings. The normalized spacial score (nSPS) is 11.0. The van der Waals surface area contributed by atoms with Gasteiger partial charge >= 0.3 is 0 Å². The lowest BCUT2D eigenvalue weighted by Crippen LogP contribution is -2.36. The molecule has 0 unspecified atom stereocenters. The average Bonchev–Trinajstić information content (AvgIpc) is 2.92. The van der Waals surface area contributed by atoms with E-state index in [4.69, 9.17) is 9.15 Å². The van der Waals surface area contributed by atoms with Crippen LogP contribution in [-0.4, -0.2) is 29.6 Å². The molecular weight excluding hydrogens is 433 g/mol. The zero-order chi connectivity index (χ0) is 17.4. The van der Waals surface area contributed by atoms with Crippen LogP contribution < -0.4 is 15.4 Å². The molecule has 0 amide bonds. The summed E-state index contributed by atoms with van der Waals surface area (Å²) in [6.07, 6.45) is 2.68.